The zero-order valence-corrected chi connectivity index (χ0v) is 12.0. The molecule has 1 atom stereocenters. The van der Waals surface area contributed by atoms with Crippen molar-refractivity contribution in [2.45, 2.75) is 25.3 Å². The monoisotopic (exact) mass is 292 g/mol. The van der Waals surface area contributed by atoms with Gasteiger partial charge in [-0.15, -0.1) is 0 Å². The van der Waals surface area contributed by atoms with Gasteiger partial charge < -0.3 is 10.4 Å². The number of amides is 1. The number of hydrogen-bond donors (Lipinski definition) is 2. The molecule has 110 valence electrons. The molecule has 0 aliphatic heterocycles. The molecule has 4 heteroatoms. The first-order chi connectivity index (χ1) is 10.7. The third-order valence-corrected chi connectivity index (χ3v) is 4.06. The van der Waals surface area contributed by atoms with E-state index in [4.69, 9.17) is 5.26 Å². The summed E-state index contributed by atoms with van der Waals surface area (Å²) in [7, 11) is 0. The minimum absolute atomic E-state index is 0.0843. The van der Waals surface area contributed by atoms with Gasteiger partial charge in [-0.05, 0) is 60.7 Å². The van der Waals surface area contributed by atoms with Crippen LogP contribution in [0.3, 0.4) is 0 Å². The van der Waals surface area contributed by atoms with E-state index >= 15 is 0 Å². The fraction of sp³-hybridized carbons (Fsp3) is 0.222. The largest absolute Gasteiger partial charge is 0.508 e. The molecule has 0 radical (unpaired) electrons. The standard InChI is InChI=1S/C18H16N2O2/c19-11-12-7-9-13(10-8-12)18(22)20-16-5-1-4-15-14(16)3-2-6-17(15)21/h2-3,6-10,16,21H,1,4-5H2,(H,20,22). The second-order valence-corrected chi connectivity index (χ2v) is 5.45. The van der Waals surface area contributed by atoms with Gasteiger partial charge in [0.2, 0.25) is 0 Å². The van der Waals surface area contributed by atoms with Crippen LogP contribution in [0.2, 0.25) is 0 Å². The summed E-state index contributed by atoms with van der Waals surface area (Å²) in [6.45, 7) is 0. The highest BCUT2D eigenvalue weighted by Gasteiger charge is 2.23. The van der Waals surface area contributed by atoms with Crippen molar-refractivity contribution in [1.82, 2.24) is 5.32 Å². The number of hydrogen-bond acceptors (Lipinski definition) is 3. The normalized spacial score (nSPS) is 16.4. The van der Waals surface area contributed by atoms with Crippen molar-refractivity contribution in [2.24, 2.45) is 0 Å². The SMILES string of the molecule is N#Cc1ccc(C(=O)NC2CCCc3c(O)cccc32)cc1. The van der Waals surface area contributed by atoms with Gasteiger partial charge in [-0.1, -0.05) is 12.1 Å². The summed E-state index contributed by atoms with van der Waals surface area (Å²) in [5, 5.41) is 21.8. The third kappa shape index (κ3) is 2.66. The molecule has 3 rings (SSSR count). The van der Waals surface area contributed by atoms with Crippen molar-refractivity contribution < 1.29 is 9.90 Å². The lowest BCUT2D eigenvalue weighted by molar-refractivity contribution is 0.0932. The lowest BCUT2D eigenvalue weighted by Gasteiger charge is -2.27. The fourth-order valence-electron chi connectivity index (χ4n) is 2.92. The molecule has 1 unspecified atom stereocenters. The Morgan fingerprint density at radius 1 is 1.23 bits per heavy atom. The Labute approximate surface area is 129 Å². The molecule has 4 nitrogen and oxygen atoms in total. The predicted molar refractivity (Wildman–Crippen MR) is 82.4 cm³/mol. The molecular weight excluding hydrogens is 276 g/mol. The maximum Gasteiger partial charge on any atom is 0.251 e. The van der Waals surface area contributed by atoms with Gasteiger partial charge in [0.25, 0.3) is 5.91 Å². The van der Waals surface area contributed by atoms with Crippen LogP contribution in [-0.4, -0.2) is 11.0 Å². The van der Waals surface area contributed by atoms with Gasteiger partial charge in [0.1, 0.15) is 5.75 Å². The maximum absolute atomic E-state index is 12.4. The quantitative estimate of drug-likeness (QED) is 0.893. The molecule has 0 bridgehead atoms. The molecule has 0 heterocycles. The summed E-state index contributed by atoms with van der Waals surface area (Å²) >= 11 is 0. The molecular formula is C18H16N2O2. The number of fused-ring (bicyclic) bond motifs is 1. The molecule has 0 aromatic heterocycles. The number of carbonyl (C=O) groups excluding carboxylic acids is 1. The third-order valence-electron chi connectivity index (χ3n) is 4.06. The first-order valence-corrected chi connectivity index (χ1v) is 7.31. The topological polar surface area (TPSA) is 73.1 Å². The minimum atomic E-state index is -0.161. The Morgan fingerprint density at radius 3 is 2.73 bits per heavy atom. The summed E-state index contributed by atoms with van der Waals surface area (Å²) in [6, 6.07) is 14.0. The number of nitriles is 1. The van der Waals surface area contributed by atoms with E-state index in [9.17, 15) is 9.90 Å². The number of nitrogens with one attached hydrogen (secondary N) is 1. The van der Waals surface area contributed by atoms with E-state index in [-0.39, 0.29) is 11.9 Å². The summed E-state index contributed by atoms with van der Waals surface area (Å²) in [5.41, 5.74) is 2.99. The Morgan fingerprint density at radius 2 is 2.00 bits per heavy atom. The van der Waals surface area contributed by atoms with Crippen molar-refractivity contribution in [1.29, 1.82) is 5.26 Å². The van der Waals surface area contributed by atoms with Gasteiger partial charge in [0.15, 0.2) is 0 Å². The lowest BCUT2D eigenvalue weighted by atomic mass is 9.87. The van der Waals surface area contributed by atoms with E-state index < -0.39 is 0 Å². The highest BCUT2D eigenvalue weighted by Crippen LogP contribution is 2.34. The van der Waals surface area contributed by atoms with Crippen molar-refractivity contribution in [3.05, 3.63) is 64.7 Å². The van der Waals surface area contributed by atoms with Crippen LogP contribution in [0.1, 0.15) is 45.9 Å². The Bertz CT molecular complexity index is 745. The van der Waals surface area contributed by atoms with Gasteiger partial charge in [0, 0.05) is 5.56 Å². The summed E-state index contributed by atoms with van der Waals surface area (Å²) < 4.78 is 0. The molecule has 0 saturated carbocycles. The molecule has 2 aromatic rings. The Balaban J connectivity index is 1.81. The van der Waals surface area contributed by atoms with Crippen LogP contribution in [0, 0.1) is 11.3 Å². The molecule has 0 spiro atoms. The number of benzene rings is 2. The first-order valence-electron chi connectivity index (χ1n) is 7.31. The molecule has 1 amide bonds. The second kappa shape index (κ2) is 5.90. The van der Waals surface area contributed by atoms with E-state index in [0.717, 1.165) is 30.4 Å². The number of nitrogens with zero attached hydrogens (tertiary/aromatic N) is 1. The first kappa shape index (κ1) is 14.2. The number of rotatable bonds is 2. The summed E-state index contributed by atoms with van der Waals surface area (Å²) in [4.78, 5) is 12.4. The van der Waals surface area contributed by atoms with Crippen molar-refractivity contribution in [3.8, 4) is 11.8 Å². The predicted octanol–water partition coefficient (Wildman–Crippen LogP) is 3.07. The van der Waals surface area contributed by atoms with Crippen molar-refractivity contribution in [2.75, 3.05) is 0 Å². The average molecular weight is 292 g/mol. The number of carbonyl (C=O) groups is 1. The number of aromatic hydroxyl groups is 1. The Kier molecular flexibility index (Phi) is 3.80. The average Bonchev–Trinajstić information content (AvgIpc) is 2.56. The summed E-state index contributed by atoms with van der Waals surface area (Å²) in [6.07, 6.45) is 2.63. The minimum Gasteiger partial charge on any atom is -0.508 e. The van der Waals surface area contributed by atoms with E-state index in [1.54, 1.807) is 36.4 Å². The van der Waals surface area contributed by atoms with Crippen molar-refractivity contribution >= 4 is 5.91 Å². The fourth-order valence-corrected chi connectivity index (χ4v) is 2.92. The van der Waals surface area contributed by atoms with Crippen molar-refractivity contribution in [3.63, 3.8) is 0 Å². The van der Waals surface area contributed by atoms with E-state index in [2.05, 4.69) is 5.32 Å². The van der Waals surface area contributed by atoms with Gasteiger partial charge in [-0.2, -0.15) is 5.26 Å². The lowest BCUT2D eigenvalue weighted by Crippen LogP contribution is -2.31. The van der Waals surface area contributed by atoms with Gasteiger partial charge in [-0.3, -0.25) is 4.79 Å². The van der Waals surface area contributed by atoms with E-state index in [1.807, 2.05) is 12.1 Å². The molecule has 2 N–H and O–H groups in total. The van der Waals surface area contributed by atoms with Gasteiger partial charge in [0.05, 0.1) is 17.7 Å². The van der Waals surface area contributed by atoms with Crippen LogP contribution < -0.4 is 5.32 Å². The maximum atomic E-state index is 12.4. The highest BCUT2D eigenvalue weighted by atomic mass is 16.3. The zero-order valence-electron chi connectivity index (χ0n) is 12.0. The second-order valence-electron chi connectivity index (χ2n) is 5.45. The zero-order chi connectivity index (χ0) is 15.5. The molecule has 1 aliphatic carbocycles. The Hall–Kier alpha value is -2.80. The van der Waals surface area contributed by atoms with Crippen LogP contribution in [0.4, 0.5) is 0 Å². The molecule has 22 heavy (non-hydrogen) atoms. The van der Waals surface area contributed by atoms with Crippen LogP contribution in [0.25, 0.3) is 0 Å². The van der Waals surface area contributed by atoms with Crippen LogP contribution in [0.5, 0.6) is 5.75 Å². The van der Waals surface area contributed by atoms with E-state index in [1.165, 1.54) is 0 Å². The van der Waals surface area contributed by atoms with Gasteiger partial charge >= 0.3 is 0 Å². The van der Waals surface area contributed by atoms with Crippen LogP contribution in [0.15, 0.2) is 42.5 Å². The van der Waals surface area contributed by atoms with Crippen LogP contribution in [-0.2, 0) is 6.42 Å². The van der Waals surface area contributed by atoms with Crippen LogP contribution >= 0.6 is 0 Å². The smallest absolute Gasteiger partial charge is 0.251 e. The highest BCUT2D eigenvalue weighted by molar-refractivity contribution is 5.94. The van der Waals surface area contributed by atoms with Gasteiger partial charge in [-0.25, -0.2) is 0 Å². The summed E-state index contributed by atoms with van der Waals surface area (Å²) in [5.74, 6) is 0.139. The van der Waals surface area contributed by atoms with E-state index in [0.29, 0.717) is 16.9 Å². The molecule has 0 saturated heterocycles. The number of phenols is 1. The number of phenolic OH excluding ortho intramolecular Hbond substituents is 1. The molecule has 0 fully saturated rings. The molecule has 1 aliphatic rings. The molecule has 2 aromatic carbocycles.